The molecule has 2 aliphatic carbocycles. The number of imidazole rings is 1. The number of aromatic nitrogens is 2. The fourth-order valence-corrected chi connectivity index (χ4v) is 5.66. The maximum Gasteiger partial charge on any atom is 0.315 e. The van der Waals surface area contributed by atoms with Gasteiger partial charge in [0.2, 0.25) is 0 Å². The number of aryl methyl sites for hydroxylation is 1. The van der Waals surface area contributed by atoms with E-state index in [2.05, 4.69) is 28.4 Å². The van der Waals surface area contributed by atoms with Crippen molar-refractivity contribution < 1.29 is 14.8 Å². The SMILES string of the molecule is C=C1CCC[C@@]2(C)C[C@H]3OC(=O)[C@@H](C[NH2+]CCCn4ccnc4)[C@@H]3C[C@H]12. The number of carbonyl (C=O) groups is 1. The number of nitrogens with two attached hydrogens (primary N) is 1. The maximum absolute atomic E-state index is 12.5. The third-order valence-electron chi connectivity index (χ3n) is 7.12. The predicted octanol–water partition coefficient (Wildman–Crippen LogP) is 2.15. The Hall–Kier alpha value is -1.62. The average molecular weight is 359 g/mol. The van der Waals surface area contributed by atoms with Crippen molar-refractivity contribution in [2.45, 2.75) is 58.1 Å². The second-order valence-electron chi connectivity index (χ2n) is 8.87. The molecule has 5 heteroatoms. The van der Waals surface area contributed by atoms with Gasteiger partial charge in [-0.2, -0.15) is 0 Å². The van der Waals surface area contributed by atoms with E-state index in [1.165, 1.54) is 18.4 Å². The summed E-state index contributed by atoms with van der Waals surface area (Å²) in [6.45, 7) is 9.64. The molecule has 1 aliphatic heterocycles. The van der Waals surface area contributed by atoms with Crippen molar-refractivity contribution in [1.82, 2.24) is 9.55 Å². The molecule has 0 bridgehead atoms. The van der Waals surface area contributed by atoms with Gasteiger partial charge in [-0.05, 0) is 43.4 Å². The molecular formula is C21H32N3O2+. The number of fused-ring (bicyclic) bond motifs is 2. The Labute approximate surface area is 156 Å². The van der Waals surface area contributed by atoms with Crippen LogP contribution in [0.4, 0.5) is 0 Å². The van der Waals surface area contributed by atoms with Gasteiger partial charge in [0.05, 0.1) is 19.4 Å². The van der Waals surface area contributed by atoms with Crippen LogP contribution in [0, 0.1) is 23.2 Å². The highest BCUT2D eigenvalue weighted by Crippen LogP contribution is 2.56. The van der Waals surface area contributed by atoms with E-state index < -0.39 is 0 Å². The Morgan fingerprint density at radius 2 is 2.38 bits per heavy atom. The monoisotopic (exact) mass is 358 g/mol. The van der Waals surface area contributed by atoms with Crippen LogP contribution in [0.2, 0.25) is 0 Å². The number of allylic oxidation sites excluding steroid dienone is 1. The first kappa shape index (κ1) is 17.8. The minimum atomic E-state index is 0.0405. The van der Waals surface area contributed by atoms with Gasteiger partial charge >= 0.3 is 5.97 Å². The van der Waals surface area contributed by atoms with Crippen molar-refractivity contribution in [2.24, 2.45) is 23.2 Å². The zero-order valence-electron chi connectivity index (χ0n) is 15.9. The van der Waals surface area contributed by atoms with Crippen LogP contribution in [0.5, 0.6) is 0 Å². The highest BCUT2D eigenvalue weighted by Gasteiger charge is 2.55. The smallest absolute Gasteiger partial charge is 0.315 e. The van der Waals surface area contributed by atoms with E-state index in [1.807, 2.05) is 18.7 Å². The molecule has 0 unspecified atom stereocenters. The Morgan fingerprint density at radius 1 is 1.50 bits per heavy atom. The zero-order valence-corrected chi connectivity index (χ0v) is 15.9. The number of hydrogen-bond acceptors (Lipinski definition) is 3. The average Bonchev–Trinajstić information content (AvgIpc) is 3.21. The largest absolute Gasteiger partial charge is 0.462 e. The lowest BCUT2D eigenvalue weighted by Crippen LogP contribution is -2.86. The van der Waals surface area contributed by atoms with Crippen molar-refractivity contribution in [1.29, 1.82) is 0 Å². The Kier molecular flexibility index (Phi) is 4.91. The number of hydrogen-bond donors (Lipinski definition) is 1. The summed E-state index contributed by atoms with van der Waals surface area (Å²) in [6, 6.07) is 0. The lowest BCUT2D eigenvalue weighted by atomic mass is 9.55. The third kappa shape index (κ3) is 3.34. The van der Waals surface area contributed by atoms with Crippen LogP contribution in [0.25, 0.3) is 0 Å². The van der Waals surface area contributed by atoms with Crippen molar-refractivity contribution in [3.63, 3.8) is 0 Å². The Morgan fingerprint density at radius 3 is 3.19 bits per heavy atom. The van der Waals surface area contributed by atoms with Gasteiger partial charge in [-0.3, -0.25) is 4.79 Å². The van der Waals surface area contributed by atoms with Crippen LogP contribution in [0.1, 0.15) is 45.4 Å². The van der Waals surface area contributed by atoms with E-state index in [0.29, 0.717) is 17.3 Å². The van der Waals surface area contributed by atoms with Crippen molar-refractivity contribution in [3.05, 3.63) is 30.9 Å². The summed E-state index contributed by atoms with van der Waals surface area (Å²) < 4.78 is 7.94. The zero-order chi connectivity index (χ0) is 18.1. The number of nitrogens with zero attached hydrogens (tertiary/aromatic N) is 2. The highest BCUT2D eigenvalue weighted by atomic mass is 16.6. The molecule has 2 heterocycles. The summed E-state index contributed by atoms with van der Waals surface area (Å²) in [5.41, 5.74) is 1.71. The number of rotatable bonds is 6. The Bertz CT molecular complexity index is 656. The quantitative estimate of drug-likeness (QED) is 0.481. The molecule has 142 valence electrons. The fourth-order valence-electron chi connectivity index (χ4n) is 5.66. The molecule has 0 aromatic carbocycles. The van der Waals surface area contributed by atoms with E-state index in [9.17, 15) is 4.79 Å². The molecule has 2 saturated carbocycles. The first-order valence-electron chi connectivity index (χ1n) is 10.2. The van der Waals surface area contributed by atoms with Gasteiger partial charge in [0.25, 0.3) is 0 Å². The summed E-state index contributed by atoms with van der Waals surface area (Å²) in [7, 11) is 0. The summed E-state index contributed by atoms with van der Waals surface area (Å²) >= 11 is 0. The summed E-state index contributed by atoms with van der Waals surface area (Å²) in [5.74, 6) is 1.07. The van der Waals surface area contributed by atoms with Gasteiger partial charge in [-0.15, -0.1) is 0 Å². The van der Waals surface area contributed by atoms with Crippen LogP contribution < -0.4 is 5.32 Å². The molecule has 0 amide bonds. The van der Waals surface area contributed by atoms with Crippen LogP contribution in [-0.4, -0.2) is 34.7 Å². The Balaban J connectivity index is 1.31. The van der Waals surface area contributed by atoms with Gasteiger partial charge in [-0.25, -0.2) is 4.98 Å². The summed E-state index contributed by atoms with van der Waals surface area (Å²) in [5, 5.41) is 2.30. The van der Waals surface area contributed by atoms with Crippen molar-refractivity contribution in [3.8, 4) is 0 Å². The normalized spacial score (nSPS) is 36.5. The van der Waals surface area contributed by atoms with Gasteiger partial charge in [0, 0.05) is 31.3 Å². The van der Waals surface area contributed by atoms with Gasteiger partial charge < -0.3 is 14.6 Å². The number of esters is 1. The van der Waals surface area contributed by atoms with Crippen molar-refractivity contribution in [2.75, 3.05) is 13.1 Å². The molecule has 1 saturated heterocycles. The molecule has 1 aromatic heterocycles. The standard InChI is InChI=1S/C21H31N3O2/c1-15-5-3-6-21(2)12-19-16(11-18(15)21)17(20(25)26-19)13-22-7-4-9-24-10-8-23-14-24/h8,10,14,16-19,22H,1,3-7,9,11-13H2,2H3/p+1/t16-,17-,18+,19+,21-/m0/s1. The highest BCUT2D eigenvalue weighted by molar-refractivity contribution is 5.75. The van der Waals surface area contributed by atoms with E-state index in [4.69, 9.17) is 4.74 Å². The molecule has 2 N–H and O–H groups in total. The molecule has 5 nitrogen and oxygen atoms in total. The van der Waals surface area contributed by atoms with Crippen LogP contribution in [0.3, 0.4) is 0 Å². The first-order chi connectivity index (χ1) is 12.6. The summed E-state index contributed by atoms with van der Waals surface area (Å²) in [6.07, 6.45) is 12.7. The van der Waals surface area contributed by atoms with E-state index in [-0.39, 0.29) is 18.0 Å². The fraction of sp³-hybridized carbons (Fsp3) is 0.714. The molecule has 0 spiro atoms. The molecule has 4 rings (SSSR count). The van der Waals surface area contributed by atoms with Crippen LogP contribution in [-0.2, 0) is 16.1 Å². The predicted molar refractivity (Wildman–Crippen MR) is 99.2 cm³/mol. The first-order valence-corrected chi connectivity index (χ1v) is 10.2. The molecule has 5 atom stereocenters. The second kappa shape index (κ2) is 7.18. The van der Waals surface area contributed by atoms with Crippen LogP contribution >= 0.6 is 0 Å². The van der Waals surface area contributed by atoms with E-state index in [0.717, 1.165) is 45.3 Å². The minimum Gasteiger partial charge on any atom is -0.462 e. The minimum absolute atomic E-state index is 0.0405. The molecular weight excluding hydrogens is 326 g/mol. The van der Waals surface area contributed by atoms with Crippen molar-refractivity contribution >= 4 is 5.97 Å². The van der Waals surface area contributed by atoms with E-state index >= 15 is 0 Å². The molecule has 3 fully saturated rings. The van der Waals surface area contributed by atoms with Gasteiger partial charge in [0.1, 0.15) is 12.0 Å². The van der Waals surface area contributed by atoms with Gasteiger partial charge in [-0.1, -0.05) is 19.1 Å². The second-order valence-corrected chi connectivity index (χ2v) is 8.87. The number of ether oxygens (including phenoxy) is 1. The number of quaternary nitrogens is 1. The topological polar surface area (TPSA) is 60.7 Å². The lowest BCUT2D eigenvalue weighted by molar-refractivity contribution is -0.659. The maximum atomic E-state index is 12.5. The molecule has 1 aromatic rings. The van der Waals surface area contributed by atoms with Crippen LogP contribution in [0.15, 0.2) is 30.9 Å². The number of carbonyl (C=O) groups excluding carboxylic acids is 1. The molecule has 0 radical (unpaired) electrons. The summed E-state index contributed by atoms with van der Waals surface area (Å²) in [4.78, 5) is 16.6. The lowest BCUT2D eigenvalue weighted by Gasteiger charge is -2.49. The molecule has 26 heavy (non-hydrogen) atoms. The van der Waals surface area contributed by atoms with Gasteiger partial charge in [0.15, 0.2) is 0 Å². The third-order valence-corrected chi connectivity index (χ3v) is 7.12. The molecule has 3 aliphatic rings. The van der Waals surface area contributed by atoms with E-state index in [1.54, 1.807) is 0 Å².